The summed E-state index contributed by atoms with van der Waals surface area (Å²) >= 11 is 5.36. The highest BCUT2D eigenvalue weighted by Crippen LogP contribution is 2.32. The number of aromatic nitrogens is 1. The molecule has 5 heteroatoms. The summed E-state index contributed by atoms with van der Waals surface area (Å²) in [7, 11) is 0. The van der Waals surface area contributed by atoms with E-state index in [-0.39, 0.29) is 0 Å². The fraction of sp³-hybridized carbons (Fsp3) is 0.400. The SMILES string of the molecule is CCc1ncc(CNCc2cc(Br)cc3c2OCC3)s1. The minimum Gasteiger partial charge on any atom is -0.493 e. The van der Waals surface area contributed by atoms with Crippen LogP contribution in [0.4, 0.5) is 0 Å². The lowest BCUT2D eigenvalue weighted by atomic mass is 10.1. The summed E-state index contributed by atoms with van der Waals surface area (Å²) in [6.45, 7) is 4.62. The van der Waals surface area contributed by atoms with Crippen molar-refractivity contribution < 1.29 is 4.74 Å². The highest BCUT2D eigenvalue weighted by Gasteiger charge is 2.17. The van der Waals surface area contributed by atoms with Crippen LogP contribution in [-0.4, -0.2) is 11.6 Å². The number of nitrogens with zero attached hydrogens (tertiary/aromatic N) is 1. The van der Waals surface area contributed by atoms with Gasteiger partial charge in [0, 0.05) is 40.6 Å². The highest BCUT2D eigenvalue weighted by molar-refractivity contribution is 9.10. The Balaban J connectivity index is 1.64. The Hall–Kier alpha value is -0.910. The van der Waals surface area contributed by atoms with Crippen molar-refractivity contribution in [3.63, 3.8) is 0 Å². The van der Waals surface area contributed by atoms with Crippen LogP contribution in [-0.2, 0) is 25.9 Å². The van der Waals surface area contributed by atoms with Crippen molar-refractivity contribution in [1.82, 2.24) is 10.3 Å². The van der Waals surface area contributed by atoms with Gasteiger partial charge >= 0.3 is 0 Å². The van der Waals surface area contributed by atoms with Gasteiger partial charge in [-0.15, -0.1) is 11.3 Å². The first-order valence-electron chi connectivity index (χ1n) is 6.84. The molecule has 0 spiro atoms. The molecule has 1 aromatic carbocycles. The van der Waals surface area contributed by atoms with Crippen molar-refractivity contribution in [1.29, 1.82) is 0 Å². The van der Waals surface area contributed by atoms with E-state index >= 15 is 0 Å². The third-order valence-corrected chi connectivity index (χ3v) is 4.94. The molecule has 0 fully saturated rings. The van der Waals surface area contributed by atoms with Gasteiger partial charge in [-0.2, -0.15) is 0 Å². The molecule has 2 aromatic rings. The number of fused-ring (bicyclic) bond motifs is 1. The monoisotopic (exact) mass is 352 g/mol. The van der Waals surface area contributed by atoms with Crippen LogP contribution < -0.4 is 10.1 Å². The molecule has 1 aromatic heterocycles. The minimum atomic E-state index is 0.799. The first-order chi connectivity index (χ1) is 9.76. The van der Waals surface area contributed by atoms with E-state index in [1.807, 2.05) is 6.20 Å². The van der Waals surface area contributed by atoms with E-state index < -0.39 is 0 Å². The molecule has 106 valence electrons. The Morgan fingerprint density at radius 1 is 1.40 bits per heavy atom. The number of nitrogens with one attached hydrogen (secondary N) is 1. The zero-order valence-electron chi connectivity index (χ0n) is 11.4. The Kier molecular flexibility index (Phi) is 4.38. The van der Waals surface area contributed by atoms with Gasteiger partial charge in [-0.3, -0.25) is 0 Å². The Morgan fingerprint density at radius 3 is 3.10 bits per heavy atom. The molecule has 0 unspecified atom stereocenters. The van der Waals surface area contributed by atoms with E-state index in [9.17, 15) is 0 Å². The number of thiazole rings is 1. The number of rotatable bonds is 5. The third-order valence-electron chi connectivity index (χ3n) is 3.34. The fourth-order valence-corrected chi connectivity index (χ4v) is 3.78. The summed E-state index contributed by atoms with van der Waals surface area (Å²) in [5.74, 6) is 1.07. The van der Waals surface area contributed by atoms with Gasteiger partial charge in [0.1, 0.15) is 5.75 Å². The molecule has 0 atom stereocenters. The van der Waals surface area contributed by atoms with Crippen LogP contribution in [0.15, 0.2) is 22.8 Å². The van der Waals surface area contributed by atoms with Crippen molar-refractivity contribution in [3.05, 3.63) is 43.8 Å². The molecule has 3 nitrogen and oxygen atoms in total. The molecule has 1 aliphatic rings. The molecule has 0 saturated heterocycles. The maximum atomic E-state index is 5.74. The predicted octanol–water partition coefficient (Wildman–Crippen LogP) is 3.69. The zero-order valence-corrected chi connectivity index (χ0v) is 13.8. The smallest absolute Gasteiger partial charge is 0.127 e. The van der Waals surface area contributed by atoms with Crippen molar-refractivity contribution in [2.45, 2.75) is 32.9 Å². The van der Waals surface area contributed by atoms with Gasteiger partial charge in [0.05, 0.1) is 11.6 Å². The molecule has 0 aliphatic carbocycles. The van der Waals surface area contributed by atoms with Crippen molar-refractivity contribution in [2.75, 3.05) is 6.61 Å². The summed E-state index contributed by atoms with van der Waals surface area (Å²) in [6, 6.07) is 4.30. The second-order valence-electron chi connectivity index (χ2n) is 4.83. The quantitative estimate of drug-likeness (QED) is 0.890. The summed E-state index contributed by atoms with van der Waals surface area (Å²) in [5.41, 5.74) is 2.54. The fourth-order valence-electron chi connectivity index (χ4n) is 2.39. The van der Waals surface area contributed by atoms with Gasteiger partial charge in [-0.05, 0) is 24.1 Å². The number of hydrogen-bond donors (Lipinski definition) is 1. The standard InChI is InChI=1S/C15H17BrN2OS/c1-2-14-18-9-13(20-14)8-17-7-11-6-12(16)5-10-3-4-19-15(10)11/h5-6,9,17H,2-4,7-8H2,1H3. The van der Waals surface area contributed by atoms with Crippen LogP contribution in [0.1, 0.15) is 27.9 Å². The van der Waals surface area contributed by atoms with E-state index in [1.165, 1.54) is 21.0 Å². The van der Waals surface area contributed by atoms with Crippen molar-refractivity contribution >= 4 is 27.3 Å². The molecule has 1 aliphatic heterocycles. The van der Waals surface area contributed by atoms with E-state index in [0.717, 1.165) is 42.8 Å². The number of halogens is 1. The van der Waals surface area contributed by atoms with Crippen LogP contribution in [0.5, 0.6) is 5.75 Å². The average molecular weight is 353 g/mol. The van der Waals surface area contributed by atoms with Crippen molar-refractivity contribution in [3.8, 4) is 5.75 Å². The Bertz CT molecular complexity index is 612. The maximum absolute atomic E-state index is 5.74. The van der Waals surface area contributed by atoms with Gasteiger partial charge < -0.3 is 10.1 Å². The second-order valence-corrected chi connectivity index (χ2v) is 6.94. The largest absolute Gasteiger partial charge is 0.493 e. The zero-order chi connectivity index (χ0) is 13.9. The molecule has 1 N–H and O–H groups in total. The predicted molar refractivity (Wildman–Crippen MR) is 85.4 cm³/mol. The lowest BCUT2D eigenvalue weighted by Crippen LogP contribution is -2.12. The third kappa shape index (κ3) is 3.05. The van der Waals surface area contributed by atoms with E-state index in [0.29, 0.717) is 0 Å². The molecule has 0 radical (unpaired) electrons. The molecule has 2 heterocycles. The summed E-state index contributed by atoms with van der Waals surface area (Å²) < 4.78 is 6.87. The van der Waals surface area contributed by atoms with E-state index in [1.54, 1.807) is 11.3 Å². The average Bonchev–Trinajstić information content (AvgIpc) is 3.06. The molecule has 0 amide bonds. The molecule has 0 bridgehead atoms. The Labute approximate surface area is 131 Å². The van der Waals surface area contributed by atoms with Gasteiger partial charge in [0.2, 0.25) is 0 Å². The first-order valence-corrected chi connectivity index (χ1v) is 8.45. The molecular weight excluding hydrogens is 336 g/mol. The number of ether oxygens (including phenoxy) is 1. The number of benzene rings is 1. The topological polar surface area (TPSA) is 34.2 Å². The lowest BCUT2D eigenvalue weighted by Gasteiger charge is -2.09. The van der Waals surface area contributed by atoms with Crippen LogP contribution in [0.3, 0.4) is 0 Å². The highest BCUT2D eigenvalue weighted by atomic mass is 79.9. The summed E-state index contributed by atoms with van der Waals surface area (Å²) in [6.07, 6.45) is 3.99. The Morgan fingerprint density at radius 2 is 2.30 bits per heavy atom. The number of hydrogen-bond acceptors (Lipinski definition) is 4. The summed E-state index contributed by atoms with van der Waals surface area (Å²) in [4.78, 5) is 5.67. The van der Waals surface area contributed by atoms with Gasteiger partial charge in [-0.25, -0.2) is 4.98 Å². The normalized spacial score (nSPS) is 13.3. The molecule has 20 heavy (non-hydrogen) atoms. The summed E-state index contributed by atoms with van der Waals surface area (Å²) in [5, 5.41) is 4.68. The van der Waals surface area contributed by atoms with Gasteiger partial charge in [-0.1, -0.05) is 22.9 Å². The maximum Gasteiger partial charge on any atom is 0.127 e. The lowest BCUT2D eigenvalue weighted by molar-refractivity contribution is 0.352. The van der Waals surface area contributed by atoms with Crippen LogP contribution >= 0.6 is 27.3 Å². The first kappa shape index (κ1) is 14.0. The van der Waals surface area contributed by atoms with E-state index in [4.69, 9.17) is 4.74 Å². The second kappa shape index (κ2) is 6.24. The van der Waals surface area contributed by atoms with Gasteiger partial charge in [0.15, 0.2) is 0 Å². The molecule has 3 rings (SSSR count). The van der Waals surface area contributed by atoms with Crippen LogP contribution in [0, 0.1) is 0 Å². The van der Waals surface area contributed by atoms with Crippen LogP contribution in [0.25, 0.3) is 0 Å². The van der Waals surface area contributed by atoms with E-state index in [2.05, 4.69) is 45.3 Å². The van der Waals surface area contributed by atoms with Gasteiger partial charge in [0.25, 0.3) is 0 Å². The number of aryl methyl sites for hydroxylation is 1. The minimum absolute atomic E-state index is 0.799. The van der Waals surface area contributed by atoms with Crippen LogP contribution in [0.2, 0.25) is 0 Å². The van der Waals surface area contributed by atoms with Crippen molar-refractivity contribution in [2.24, 2.45) is 0 Å². The molecular formula is C15H17BrN2OS. The molecule has 0 saturated carbocycles.